The van der Waals surface area contributed by atoms with Crippen LogP contribution >= 0.6 is 0 Å². The van der Waals surface area contributed by atoms with Crippen molar-refractivity contribution in [2.24, 2.45) is 0 Å². The van der Waals surface area contributed by atoms with E-state index in [1.165, 1.54) is 6.07 Å². The molecule has 0 saturated heterocycles. The normalized spacial score (nSPS) is 10.4. The van der Waals surface area contributed by atoms with Gasteiger partial charge in [-0.1, -0.05) is 29.4 Å². The number of hydrogen-bond acceptors (Lipinski definition) is 4. The number of aliphatic hydroxyl groups is 1. The van der Waals surface area contributed by atoms with Crippen LogP contribution in [0.4, 0.5) is 0 Å². The van der Waals surface area contributed by atoms with Crippen molar-refractivity contribution in [2.45, 2.75) is 6.42 Å². The second kappa shape index (κ2) is 4.80. The lowest BCUT2D eigenvalue weighted by Gasteiger charge is -1.99. The smallest absolute Gasteiger partial charge is 0.358 e. The third-order valence-electron chi connectivity index (χ3n) is 2.37. The van der Waals surface area contributed by atoms with Crippen molar-refractivity contribution in [3.63, 3.8) is 0 Å². The fourth-order valence-corrected chi connectivity index (χ4v) is 1.48. The minimum Gasteiger partial charge on any atom is -0.476 e. The molecule has 0 aliphatic carbocycles. The number of carboxylic acids is 1. The van der Waals surface area contributed by atoms with Crippen LogP contribution in [-0.4, -0.2) is 27.9 Å². The molecule has 0 bridgehead atoms. The van der Waals surface area contributed by atoms with Crippen molar-refractivity contribution in [1.82, 2.24) is 5.16 Å². The van der Waals surface area contributed by atoms with Gasteiger partial charge in [0.25, 0.3) is 0 Å². The minimum atomic E-state index is -1.11. The van der Waals surface area contributed by atoms with Crippen LogP contribution in [0, 0.1) is 0 Å². The number of aromatic carboxylic acids is 1. The molecule has 0 aliphatic heterocycles. The van der Waals surface area contributed by atoms with E-state index in [1.54, 1.807) is 12.1 Å². The molecule has 88 valence electrons. The van der Waals surface area contributed by atoms with Gasteiger partial charge in [-0.2, -0.15) is 0 Å². The summed E-state index contributed by atoms with van der Waals surface area (Å²) >= 11 is 0. The van der Waals surface area contributed by atoms with E-state index in [-0.39, 0.29) is 12.3 Å². The Morgan fingerprint density at radius 3 is 2.53 bits per heavy atom. The van der Waals surface area contributed by atoms with Gasteiger partial charge in [0.05, 0.1) is 0 Å². The highest BCUT2D eigenvalue weighted by Gasteiger charge is 2.11. The van der Waals surface area contributed by atoms with Crippen LogP contribution < -0.4 is 0 Å². The van der Waals surface area contributed by atoms with Crippen molar-refractivity contribution >= 4 is 5.97 Å². The number of hydrogen-bond donors (Lipinski definition) is 2. The Kier molecular flexibility index (Phi) is 3.20. The van der Waals surface area contributed by atoms with Crippen LogP contribution in [0.25, 0.3) is 11.3 Å². The number of rotatable bonds is 4. The number of aromatic nitrogens is 1. The zero-order valence-corrected chi connectivity index (χ0v) is 8.96. The molecular weight excluding hydrogens is 222 g/mol. The van der Waals surface area contributed by atoms with E-state index in [1.807, 2.05) is 12.1 Å². The van der Waals surface area contributed by atoms with Crippen molar-refractivity contribution < 1.29 is 19.5 Å². The maximum Gasteiger partial charge on any atom is 0.358 e. The summed E-state index contributed by atoms with van der Waals surface area (Å²) in [5.41, 5.74) is 1.65. The second-order valence-corrected chi connectivity index (χ2v) is 3.55. The first kappa shape index (κ1) is 11.3. The van der Waals surface area contributed by atoms with Crippen molar-refractivity contribution in [3.05, 3.63) is 41.6 Å². The zero-order chi connectivity index (χ0) is 12.3. The monoisotopic (exact) mass is 233 g/mol. The summed E-state index contributed by atoms with van der Waals surface area (Å²) in [5.74, 6) is -0.699. The SMILES string of the molecule is O=C(O)c1cc(-c2ccc(CCO)cc2)on1. The Bertz CT molecular complexity index is 516. The fraction of sp³-hybridized carbons (Fsp3) is 0.167. The molecule has 2 N–H and O–H groups in total. The van der Waals surface area contributed by atoms with E-state index in [4.69, 9.17) is 14.7 Å². The molecule has 17 heavy (non-hydrogen) atoms. The third kappa shape index (κ3) is 2.51. The molecule has 0 fully saturated rings. The maximum atomic E-state index is 10.6. The molecule has 0 unspecified atom stereocenters. The van der Waals surface area contributed by atoms with Crippen molar-refractivity contribution in [1.29, 1.82) is 0 Å². The molecule has 5 nitrogen and oxygen atoms in total. The topological polar surface area (TPSA) is 83.6 Å². The minimum absolute atomic E-state index is 0.102. The number of aliphatic hydroxyl groups excluding tert-OH is 1. The highest BCUT2D eigenvalue weighted by atomic mass is 16.5. The Hall–Kier alpha value is -2.14. The summed E-state index contributed by atoms with van der Waals surface area (Å²) in [6.45, 7) is 0.102. The zero-order valence-electron chi connectivity index (χ0n) is 8.96. The average Bonchev–Trinajstić information content (AvgIpc) is 2.80. The molecule has 0 amide bonds. The van der Waals surface area contributed by atoms with E-state index in [0.29, 0.717) is 12.2 Å². The first-order valence-corrected chi connectivity index (χ1v) is 5.11. The van der Waals surface area contributed by atoms with E-state index < -0.39 is 5.97 Å². The third-order valence-corrected chi connectivity index (χ3v) is 2.37. The number of benzene rings is 1. The molecule has 5 heteroatoms. The van der Waals surface area contributed by atoms with E-state index in [9.17, 15) is 4.79 Å². The first-order chi connectivity index (χ1) is 8.20. The van der Waals surface area contributed by atoms with Crippen LogP contribution in [0.5, 0.6) is 0 Å². The Balaban J connectivity index is 2.23. The summed E-state index contributed by atoms with van der Waals surface area (Å²) in [7, 11) is 0. The predicted octanol–water partition coefficient (Wildman–Crippen LogP) is 1.57. The highest BCUT2D eigenvalue weighted by molar-refractivity contribution is 5.86. The van der Waals surface area contributed by atoms with Gasteiger partial charge in [-0.05, 0) is 12.0 Å². The summed E-state index contributed by atoms with van der Waals surface area (Å²) < 4.78 is 4.93. The molecule has 2 aromatic rings. The van der Waals surface area contributed by atoms with Gasteiger partial charge in [-0.15, -0.1) is 0 Å². The van der Waals surface area contributed by atoms with Crippen molar-refractivity contribution in [3.8, 4) is 11.3 Å². The van der Waals surface area contributed by atoms with Crippen LogP contribution in [-0.2, 0) is 6.42 Å². The standard InChI is InChI=1S/C12H11NO4/c14-6-5-8-1-3-9(4-2-8)11-7-10(12(15)16)13-17-11/h1-4,7,14H,5-6H2,(H,15,16). The Labute approximate surface area is 97.3 Å². The lowest BCUT2D eigenvalue weighted by atomic mass is 10.1. The van der Waals surface area contributed by atoms with Crippen LogP contribution in [0.2, 0.25) is 0 Å². The van der Waals surface area contributed by atoms with E-state index >= 15 is 0 Å². The van der Waals surface area contributed by atoms with Gasteiger partial charge < -0.3 is 14.7 Å². The molecule has 1 heterocycles. The van der Waals surface area contributed by atoms with Gasteiger partial charge >= 0.3 is 5.97 Å². The molecule has 1 aromatic heterocycles. The van der Waals surface area contributed by atoms with Crippen LogP contribution in [0.1, 0.15) is 16.1 Å². The molecule has 2 rings (SSSR count). The molecular formula is C12H11NO4. The van der Waals surface area contributed by atoms with Gasteiger partial charge in [-0.3, -0.25) is 0 Å². The predicted molar refractivity (Wildman–Crippen MR) is 59.7 cm³/mol. The van der Waals surface area contributed by atoms with Gasteiger partial charge in [0, 0.05) is 18.2 Å². The fourth-order valence-electron chi connectivity index (χ4n) is 1.48. The van der Waals surface area contributed by atoms with Crippen molar-refractivity contribution in [2.75, 3.05) is 6.61 Å². The first-order valence-electron chi connectivity index (χ1n) is 5.11. The number of carboxylic acid groups (broad SMARTS) is 1. The molecule has 0 atom stereocenters. The summed E-state index contributed by atoms with van der Waals surface area (Å²) in [5, 5.41) is 20.9. The molecule has 0 saturated carbocycles. The summed E-state index contributed by atoms with van der Waals surface area (Å²) in [6.07, 6.45) is 0.594. The van der Waals surface area contributed by atoms with E-state index in [0.717, 1.165) is 11.1 Å². The summed E-state index contributed by atoms with van der Waals surface area (Å²) in [6, 6.07) is 8.70. The van der Waals surface area contributed by atoms with Crippen LogP contribution in [0.15, 0.2) is 34.9 Å². The molecule has 0 radical (unpaired) electrons. The number of carbonyl (C=O) groups is 1. The molecule has 0 aliphatic rings. The Morgan fingerprint density at radius 2 is 2.00 bits per heavy atom. The molecule has 1 aromatic carbocycles. The quantitative estimate of drug-likeness (QED) is 0.837. The molecule has 0 spiro atoms. The maximum absolute atomic E-state index is 10.6. The average molecular weight is 233 g/mol. The van der Waals surface area contributed by atoms with Gasteiger partial charge in [0.1, 0.15) is 0 Å². The van der Waals surface area contributed by atoms with Crippen LogP contribution in [0.3, 0.4) is 0 Å². The Morgan fingerprint density at radius 1 is 1.29 bits per heavy atom. The lowest BCUT2D eigenvalue weighted by molar-refractivity contribution is 0.0686. The largest absolute Gasteiger partial charge is 0.476 e. The number of nitrogens with zero attached hydrogens (tertiary/aromatic N) is 1. The lowest BCUT2D eigenvalue weighted by Crippen LogP contribution is -1.94. The van der Waals surface area contributed by atoms with E-state index in [2.05, 4.69) is 5.16 Å². The highest BCUT2D eigenvalue weighted by Crippen LogP contribution is 2.20. The van der Waals surface area contributed by atoms with Gasteiger partial charge in [-0.25, -0.2) is 4.79 Å². The van der Waals surface area contributed by atoms with Gasteiger partial charge in [0.15, 0.2) is 11.5 Å². The second-order valence-electron chi connectivity index (χ2n) is 3.55. The summed E-state index contributed by atoms with van der Waals surface area (Å²) in [4.78, 5) is 10.6. The van der Waals surface area contributed by atoms with Gasteiger partial charge in [0.2, 0.25) is 0 Å².